The van der Waals surface area contributed by atoms with E-state index >= 15 is 0 Å². The number of nitrogens with zero attached hydrogens (tertiary/aromatic N) is 4. The van der Waals surface area contributed by atoms with Crippen molar-refractivity contribution in [1.29, 1.82) is 0 Å². The van der Waals surface area contributed by atoms with Gasteiger partial charge in [-0.2, -0.15) is 0 Å². The van der Waals surface area contributed by atoms with Crippen LogP contribution in [0.5, 0.6) is 23.0 Å². The summed E-state index contributed by atoms with van der Waals surface area (Å²) in [6.45, 7) is 13.7. The zero-order valence-corrected chi connectivity index (χ0v) is 50.3. The largest absolute Gasteiger partial charge is 0.493 e. The standard InChI is InChI=1S/C63H80N10O15/c1-37(2)56(69-53(74)16-9-7-12-24-70-54(75)21-22-55(70)76)58(78)68-45(15-10-11-23-65-62(64)82)57(77)67-41-19-17-40(18-20-41)36-88-63(83)73-47-32-52(50(85-6)30-44(47)60(80)72-35-39(4)28-48(72)61(73)81)87-26-14-8-13-25-86-51-31-46-43(29-49(51)84-5)59(79)71-34-38(3)27-42(71)33-66-46/h17-22,29-32,37,42,45,48,56,61,66,81H,3-4,7-16,23-28,33-36H2,1-2,5-6H3,(H,67,77)(H,68,78)(H,69,74)(H3,64,65,82)/t42-,45-,48-,56-,61-/m0/s1. The van der Waals surface area contributed by atoms with Gasteiger partial charge in [-0.1, -0.05) is 56.7 Å². The average molecular weight is 1220 g/mol. The fourth-order valence-corrected chi connectivity index (χ4v) is 11.3. The van der Waals surface area contributed by atoms with Gasteiger partial charge in [0.25, 0.3) is 23.6 Å². The monoisotopic (exact) mass is 1220 g/mol. The van der Waals surface area contributed by atoms with E-state index in [4.69, 9.17) is 29.4 Å². The number of aliphatic hydroxyl groups is 1. The smallest absolute Gasteiger partial charge is 0.416 e. The maximum Gasteiger partial charge on any atom is 0.416 e. The zero-order valence-electron chi connectivity index (χ0n) is 50.3. The maximum absolute atomic E-state index is 14.3. The van der Waals surface area contributed by atoms with Gasteiger partial charge in [-0.15, -0.1) is 0 Å². The topological polar surface area (TPSA) is 319 Å². The molecule has 8 rings (SSSR count). The molecule has 5 aliphatic rings. The van der Waals surface area contributed by atoms with Crippen LogP contribution < -0.4 is 56.2 Å². The van der Waals surface area contributed by atoms with E-state index in [0.717, 1.165) is 21.8 Å². The van der Waals surface area contributed by atoms with E-state index in [-0.39, 0.29) is 110 Å². The number of carbonyl (C=O) groups is 9. The molecule has 2 saturated heterocycles. The summed E-state index contributed by atoms with van der Waals surface area (Å²) in [4.78, 5) is 123. The molecule has 2 fully saturated rings. The number of nitrogens with two attached hydrogens (primary N) is 1. The number of primary amides is 1. The number of ether oxygens (including phenoxy) is 5. The van der Waals surface area contributed by atoms with Crippen LogP contribution in [-0.2, 0) is 35.3 Å². The fourth-order valence-electron chi connectivity index (χ4n) is 11.3. The molecule has 0 saturated carbocycles. The molecule has 5 atom stereocenters. The Morgan fingerprint density at radius 1 is 0.739 bits per heavy atom. The molecule has 3 aromatic rings. The molecule has 10 amide bonds. The highest BCUT2D eigenvalue weighted by Crippen LogP contribution is 2.43. The Kier molecular flexibility index (Phi) is 22.1. The molecule has 25 heteroatoms. The number of amides is 10. The summed E-state index contributed by atoms with van der Waals surface area (Å²) >= 11 is 0. The van der Waals surface area contributed by atoms with Gasteiger partial charge in [0.15, 0.2) is 29.2 Å². The zero-order chi connectivity index (χ0) is 63.2. The average Bonchev–Trinajstić information content (AvgIpc) is 3.81. The van der Waals surface area contributed by atoms with Gasteiger partial charge in [0.2, 0.25) is 17.7 Å². The van der Waals surface area contributed by atoms with Crippen LogP contribution in [0.3, 0.4) is 0 Å². The summed E-state index contributed by atoms with van der Waals surface area (Å²) in [7, 11) is 2.97. The normalized spacial score (nSPS) is 18.3. The number of rotatable bonds is 29. The van der Waals surface area contributed by atoms with Gasteiger partial charge < -0.3 is 70.9 Å². The van der Waals surface area contributed by atoms with Crippen LogP contribution in [0.25, 0.3) is 0 Å². The molecule has 472 valence electrons. The molecule has 8 N–H and O–H groups in total. The van der Waals surface area contributed by atoms with Crippen LogP contribution >= 0.6 is 0 Å². The first-order valence-corrected chi connectivity index (χ1v) is 29.8. The molecule has 5 aliphatic heterocycles. The molecular formula is C63H80N10O15. The molecule has 25 nitrogen and oxygen atoms in total. The fraction of sp³-hybridized carbons (Fsp3) is 0.476. The van der Waals surface area contributed by atoms with Crippen molar-refractivity contribution >= 4 is 70.5 Å². The lowest BCUT2D eigenvalue weighted by molar-refractivity contribution is -0.137. The number of methoxy groups -OCH3 is 2. The lowest BCUT2D eigenvalue weighted by atomic mass is 10.0. The van der Waals surface area contributed by atoms with Crippen molar-refractivity contribution in [3.8, 4) is 23.0 Å². The van der Waals surface area contributed by atoms with Crippen LogP contribution in [0, 0.1) is 5.92 Å². The van der Waals surface area contributed by atoms with E-state index in [9.17, 15) is 48.3 Å². The number of urea groups is 1. The van der Waals surface area contributed by atoms with Crippen molar-refractivity contribution in [1.82, 2.24) is 30.7 Å². The quantitative estimate of drug-likeness (QED) is 0.0250. The second kappa shape index (κ2) is 30.0. The Morgan fingerprint density at radius 3 is 2.05 bits per heavy atom. The summed E-state index contributed by atoms with van der Waals surface area (Å²) in [6.07, 6.45) is 5.48. The van der Waals surface area contributed by atoms with Gasteiger partial charge in [-0.05, 0) is 100.0 Å². The number of hydrogen-bond donors (Lipinski definition) is 7. The maximum atomic E-state index is 14.3. The molecule has 0 bridgehead atoms. The molecular weight excluding hydrogens is 1140 g/mol. The lowest BCUT2D eigenvalue weighted by Gasteiger charge is -2.31. The Labute approximate surface area is 511 Å². The van der Waals surface area contributed by atoms with Gasteiger partial charge in [-0.25, -0.2) is 14.5 Å². The third-order valence-corrected chi connectivity index (χ3v) is 16.0. The van der Waals surface area contributed by atoms with Gasteiger partial charge in [0, 0.05) is 69.1 Å². The van der Waals surface area contributed by atoms with E-state index in [0.29, 0.717) is 111 Å². The summed E-state index contributed by atoms with van der Waals surface area (Å²) in [5, 5.41) is 26.3. The highest BCUT2D eigenvalue weighted by molar-refractivity contribution is 6.13. The molecule has 0 spiro atoms. The number of nitrogens with one attached hydrogen (secondary N) is 5. The van der Waals surface area contributed by atoms with Gasteiger partial charge in [-0.3, -0.25) is 38.5 Å². The van der Waals surface area contributed by atoms with Gasteiger partial charge in [0.1, 0.15) is 18.7 Å². The predicted molar refractivity (Wildman–Crippen MR) is 325 cm³/mol. The molecule has 0 aromatic heterocycles. The minimum Gasteiger partial charge on any atom is -0.493 e. The van der Waals surface area contributed by atoms with Gasteiger partial charge >= 0.3 is 12.1 Å². The number of anilines is 3. The lowest BCUT2D eigenvalue weighted by Crippen LogP contribution is -2.54. The minimum absolute atomic E-state index is 0.0329. The first-order chi connectivity index (χ1) is 42.2. The first kappa shape index (κ1) is 64.9. The van der Waals surface area contributed by atoms with Crippen LogP contribution in [0.4, 0.5) is 26.7 Å². The molecule has 5 heterocycles. The molecule has 0 unspecified atom stereocenters. The minimum atomic E-state index is -1.55. The van der Waals surface area contributed by atoms with Crippen LogP contribution in [0.1, 0.15) is 117 Å². The van der Waals surface area contributed by atoms with E-state index in [1.165, 1.54) is 43.4 Å². The van der Waals surface area contributed by atoms with Crippen molar-refractivity contribution in [2.24, 2.45) is 11.7 Å². The second-order valence-corrected chi connectivity index (χ2v) is 22.8. The van der Waals surface area contributed by atoms with Crippen LogP contribution in [0.2, 0.25) is 0 Å². The number of aliphatic hydroxyl groups excluding tert-OH is 1. The number of imide groups is 1. The Bertz CT molecular complexity index is 3170. The summed E-state index contributed by atoms with van der Waals surface area (Å²) in [6, 6.07) is 9.33. The molecule has 0 radical (unpaired) electrons. The van der Waals surface area contributed by atoms with E-state index in [2.05, 4.69) is 39.7 Å². The number of benzene rings is 3. The van der Waals surface area contributed by atoms with Crippen molar-refractivity contribution < 1.29 is 71.9 Å². The number of unbranched alkanes of at least 4 members (excludes halogenated alkanes) is 5. The Morgan fingerprint density at radius 2 is 1.38 bits per heavy atom. The van der Waals surface area contributed by atoms with Crippen molar-refractivity contribution in [3.63, 3.8) is 0 Å². The highest BCUT2D eigenvalue weighted by atomic mass is 16.6. The highest BCUT2D eigenvalue weighted by Gasteiger charge is 2.47. The third-order valence-electron chi connectivity index (χ3n) is 16.0. The Hall–Kier alpha value is -9.13. The van der Waals surface area contributed by atoms with E-state index in [1.807, 2.05) is 4.90 Å². The SMILES string of the molecule is C=C1C[C@H]2CNc3cc(OCCCCCOc4cc5c(cc4OC)C(=O)N4CC(=C)C[C@H]4[C@H](O)N5C(=O)OCc4ccc(NC(=O)[C@H](CCCCNC(N)=O)NC(=O)[C@@H](NC(=O)CCCCCN5C(=O)C=CC5=O)C(C)C)cc4)c(OC)cc3C(=O)N2C1. The van der Waals surface area contributed by atoms with Crippen molar-refractivity contribution in [2.75, 3.05) is 75.7 Å². The van der Waals surface area contributed by atoms with Crippen LogP contribution in [0.15, 0.2) is 85.0 Å². The van der Waals surface area contributed by atoms with E-state index in [1.54, 1.807) is 50.2 Å². The van der Waals surface area contributed by atoms with Crippen molar-refractivity contribution in [3.05, 3.63) is 102 Å². The third kappa shape index (κ3) is 16.1. The van der Waals surface area contributed by atoms with Crippen LogP contribution in [-0.4, -0.2) is 164 Å². The van der Waals surface area contributed by atoms with Gasteiger partial charge in [0.05, 0.1) is 62.0 Å². The van der Waals surface area contributed by atoms with E-state index < -0.39 is 54.2 Å². The predicted octanol–water partition coefficient (Wildman–Crippen LogP) is 5.66. The van der Waals surface area contributed by atoms with Crippen molar-refractivity contribution in [2.45, 2.75) is 128 Å². The number of hydrogen-bond acceptors (Lipinski definition) is 16. The molecule has 88 heavy (non-hydrogen) atoms. The summed E-state index contributed by atoms with van der Waals surface area (Å²) in [5.74, 6) is -1.73. The first-order valence-electron chi connectivity index (χ1n) is 29.8. The molecule has 0 aliphatic carbocycles. The summed E-state index contributed by atoms with van der Waals surface area (Å²) < 4.78 is 29.6. The number of carbonyl (C=O) groups excluding carboxylic acids is 9. The molecule has 3 aromatic carbocycles. The second-order valence-electron chi connectivity index (χ2n) is 22.8. The summed E-state index contributed by atoms with van der Waals surface area (Å²) in [5.41, 5.74) is 9.11. The Balaban J connectivity index is 0.864. The number of fused-ring (bicyclic) bond motifs is 4.